The van der Waals surface area contributed by atoms with Gasteiger partial charge in [0.05, 0.1) is 23.6 Å². The van der Waals surface area contributed by atoms with E-state index in [4.69, 9.17) is 0 Å². The van der Waals surface area contributed by atoms with E-state index in [1.165, 1.54) is 22.9 Å². The van der Waals surface area contributed by atoms with E-state index in [1.54, 1.807) is 31.5 Å². The maximum atomic E-state index is 13.7. The van der Waals surface area contributed by atoms with E-state index in [0.717, 1.165) is 34.4 Å². The van der Waals surface area contributed by atoms with Crippen molar-refractivity contribution in [2.75, 3.05) is 0 Å². The fraction of sp³-hybridized carbons (Fsp3) is 0.286. The van der Waals surface area contributed by atoms with Crippen molar-refractivity contribution in [3.63, 3.8) is 0 Å². The third kappa shape index (κ3) is 4.76. The largest absolute Gasteiger partial charge is 0.410 e. The molecule has 0 saturated heterocycles. The quantitative estimate of drug-likeness (QED) is 0.233. The Kier molecular flexibility index (Phi) is 6.37. The Morgan fingerprint density at radius 1 is 1.14 bits per heavy atom. The Morgan fingerprint density at radius 2 is 1.86 bits per heavy atom. The molecule has 1 aliphatic rings. The average molecular weight is 502 g/mol. The van der Waals surface area contributed by atoms with E-state index in [2.05, 4.69) is 10.1 Å². The smallest absolute Gasteiger partial charge is 0.331 e. The van der Waals surface area contributed by atoms with Gasteiger partial charge in [-0.1, -0.05) is 23.4 Å². The van der Waals surface area contributed by atoms with Gasteiger partial charge in [-0.2, -0.15) is 0 Å². The van der Waals surface area contributed by atoms with Crippen molar-refractivity contribution in [2.24, 2.45) is 11.1 Å². The highest BCUT2D eigenvalue weighted by atomic mass is 19.1. The van der Waals surface area contributed by atoms with Gasteiger partial charge in [0.2, 0.25) is 0 Å². The van der Waals surface area contributed by atoms with E-state index in [0.29, 0.717) is 23.6 Å². The minimum Gasteiger partial charge on any atom is -0.410 e. The van der Waals surface area contributed by atoms with Gasteiger partial charge in [0.25, 0.3) is 5.56 Å². The van der Waals surface area contributed by atoms with Crippen LogP contribution in [0.1, 0.15) is 53.8 Å². The number of benzene rings is 2. The van der Waals surface area contributed by atoms with Crippen LogP contribution in [0.3, 0.4) is 0 Å². The number of aryl methyl sites for hydroxylation is 2. The van der Waals surface area contributed by atoms with Crippen LogP contribution in [0, 0.1) is 25.6 Å². The molecule has 2 aromatic carbocycles. The molecule has 1 fully saturated rings. The van der Waals surface area contributed by atoms with E-state index in [1.807, 2.05) is 36.7 Å². The highest BCUT2D eigenvalue weighted by Gasteiger charge is 2.26. The molecule has 8 nitrogen and oxygen atoms in total. The summed E-state index contributed by atoms with van der Waals surface area (Å²) < 4.78 is 18.1. The maximum Gasteiger partial charge on any atom is 0.331 e. The Hall–Kier alpha value is -4.27. The monoisotopic (exact) mass is 501 g/mol. The van der Waals surface area contributed by atoms with E-state index < -0.39 is 23.1 Å². The van der Waals surface area contributed by atoms with Crippen molar-refractivity contribution >= 4 is 5.71 Å². The molecular weight excluding hydrogens is 473 g/mol. The lowest BCUT2D eigenvalue weighted by atomic mass is 10.0. The number of halogens is 1. The van der Waals surface area contributed by atoms with Gasteiger partial charge >= 0.3 is 5.69 Å². The summed E-state index contributed by atoms with van der Waals surface area (Å²) in [5, 5.41) is 13.6. The van der Waals surface area contributed by atoms with Crippen LogP contribution in [0.15, 0.2) is 75.9 Å². The minimum absolute atomic E-state index is 0.0751. The van der Waals surface area contributed by atoms with Crippen LogP contribution >= 0.6 is 0 Å². The number of oxime groups is 1. The molecule has 0 radical (unpaired) electrons. The molecule has 0 spiro atoms. The van der Waals surface area contributed by atoms with Crippen LogP contribution in [-0.4, -0.2) is 29.6 Å². The van der Waals surface area contributed by atoms with Crippen LogP contribution < -0.4 is 11.2 Å². The van der Waals surface area contributed by atoms with Gasteiger partial charge < -0.3 is 9.77 Å². The van der Waals surface area contributed by atoms with Gasteiger partial charge in [-0.15, -0.1) is 0 Å². The lowest BCUT2D eigenvalue weighted by Gasteiger charge is -2.19. The molecule has 1 unspecified atom stereocenters. The summed E-state index contributed by atoms with van der Waals surface area (Å²) in [6.07, 6.45) is 7.16. The molecule has 5 rings (SSSR count). The van der Waals surface area contributed by atoms with Crippen molar-refractivity contribution in [3.05, 3.63) is 116 Å². The molecule has 2 heterocycles. The highest BCUT2D eigenvalue weighted by molar-refractivity contribution is 6.12. The first-order chi connectivity index (χ1) is 17.8. The van der Waals surface area contributed by atoms with Gasteiger partial charge in [0.1, 0.15) is 11.5 Å². The van der Waals surface area contributed by atoms with Crippen molar-refractivity contribution in [1.29, 1.82) is 0 Å². The Bertz CT molecular complexity index is 1610. The molecule has 190 valence electrons. The number of hydrogen-bond donors (Lipinski definition) is 1. The Balaban J connectivity index is 1.63. The number of imidazole rings is 1. The molecule has 37 heavy (non-hydrogen) atoms. The molecule has 1 saturated carbocycles. The van der Waals surface area contributed by atoms with Crippen LogP contribution in [0.5, 0.6) is 0 Å². The fourth-order valence-corrected chi connectivity index (χ4v) is 4.64. The summed E-state index contributed by atoms with van der Waals surface area (Å²) in [7, 11) is 0. The van der Waals surface area contributed by atoms with Gasteiger partial charge in [0, 0.05) is 30.2 Å². The van der Waals surface area contributed by atoms with E-state index >= 15 is 0 Å². The second kappa shape index (κ2) is 9.65. The highest BCUT2D eigenvalue weighted by Crippen LogP contribution is 2.30. The maximum absolute atomic E-state index is 13.7. The molecule has 1 atom stereocenters. The van der Waals surface area contributed by atoms with Crippen LogP contribution in [0.2, 0.25) is 0 Å². The van der Waals surface area contributed by atoms with Gasteiger partial charge in [-0.05, 0) is 74.9 Å². The number of nitrogens with zero attached hydrogens (tertiary/aromatic N) is 5. The zero-order valence-corrected chi connectivity index (χ0v) is 20.9. The zero-order chi connectivity index (χ0) is 26.3. The zero-order valence-electron chi connectivity index (χ0n) is 20.9. The summed E-state index contributed by atoms with van der Waals surface area (Å²) >= 11 is 0. The van der Waals surface area contributed by atoms with Crippen molar-refractivity contribution in [1.82, 2.24) is 18.7 Å². The minimum atomic E-state index is -0.653. The van der Waals surface area contributed by atoms with Gasteiger partial charge in [-0.25, -0.2) is 14.2 Å². The van der Waals surface area contributed by atoms with E-state index in [-0.39, 0.29) is 11.3 Å². The predicted molar refractivity (Wildman–Crippen MR) is 138 cm³/mol. The standard InChI is InChI=1S/C28H28FN5O3/c1-17-12-22(8-11-25(17)33-13-18(2)30-16-33)26(31-37)24-15-32(14-20-4-5-20)28(36)34(27(24)35)19(3)21-6-9-23(29)10-7-21/h6-13,15-16,19-20,37H,4-5,14H2,1-3H3/b31-26+. The van der Waals surface area contributed by atoms with Crippen LogP contribution in [-0.2, 0) is 6.54 Å². The molecule has 0 bridgehead atoms. The molecule has 0 aliphatic heterocycles. The fourth-order valence-electron chi connectivity index (χ4n) is 4.64. The van der Waals surface area contributed by atoms with Crippen molar-refractivity contribution in [2.45, 2.75) is 46.2 Å². The SMILES string of the molecule is Cc1cn(-c2ccc(/C(=N\O)c3cn(CC4CC4)c(=O)n(C(C)c4ccc(F)cc4)c3=O)cc2C)cn1. The van der Waals surface area contributed by atoms with Gasteiger partial charge in [0.15, 0.2) is 0 Å². The summed E-state index contributed by atoms with van der Waals surface area (Å²) in [4.78, 5) is 31.5. The van der Waals surface area contributed by atoms with Crippen molar-refractivity contribution < 1.29 is 9.60 Å². The molecule has 9 heteroatoms. The van der Waals surface area contributed by atoms with Crippen molar-refractivity contribution in [3.8, 4) is 5.69 Å². The number of aromatic nitrogens is 4. The average Bonchev–Trinajstić information content (AvgIpc) is 3.60. The first-order valence-corrected chi connectivity index (χ1v) is 12.2. The second-order valence-corrected chi connectivity index (χ2v) is 9.70. The summed E-state index contributed by atoms with van der Waals surface area (Å²) in [6, 6.07) is 10.6. The Morgan fingerprint density at radius 3 is 2.46 bits per heavy atom. The third-order valence-corrected chi connectivity index (χ3v) is 6.89. The molecule has 2 aromatic heterocycles. The first-order valence-electron chi connectivity index (χ1n) is 12.2. The molecule has 1 N–H and O–H groups in total. The molecule has 4 aromatic rings. The van der Waals surface area contributed by atoms with Gasteiger partial charge in [-0.3, -0.25) is 13.9 Å². The number of hydrogen-bond acceptors (Lipinski definition) is 5. The molecule has 0 amide bonds. The number of rotatable bonds is 7. The van der Waals surface area contributed by atoms with E-state index in [9.17, 15) is 19.2 Å². The van der Waals surface area contributed by atoms with Crippen LogP contribution in [0.4, 0.5) is 4.39 Å². The molecular formula is C28H28FN5O3. The molecule has 1 aliphatic carbocycles. The second-order valence-electron chi connectivity index (χ2n) is 9.70. The Labute approximate surface area is 213 Å². The topological polar surface area (TPSA) is 94.4 Å². The lowest BCUT2D eigenvalue weighted by molar-refractivity contribution is 0.319. The summed E-state index contributed by atoms with van der Waals surface area (Å²) in [5.41, 5.74) is 3.00. The first kappa shape index (κ1) is 24.4. The summed E-state index contributed by atoms with van der Waals surface area (Å²) in [5.74, 6) is -0.0325. The lowest BCUT2D eigenvalue weighted by Crippen LogP contribution is -2.44. The normalized spacial score (nSPS) is 14.6. The predicted octanol–water partition coefficient (Wildman–Crippen LogP) is 4.20. The summed E-state index contributed by atoms with van der Waals surface area (Å²) in [6.45, 7) is 6.03. The van der Waals surface area contributed by atoms with Crippen LogP contribution in [0.25, 0.3) is 5.69 Å². The third-order valence-electron chi connectivity index (χ3n) is 6.89.